The van der Waals surface area contributed by atoms with E-state index in [0.717, 1.165) is 30.6 Å². The SMILES string of the molecule is CNC1(C(=O)Nc2cc3c(/C=C/c4ccc(OC)c(F)c4)n[nH]c3cc2F)CC1.COc1ccc(/C=C/c2n[nH]c3cc(F)c(NC(=O)CC4CC4)cc23)cc1F.COc1ccc(/C=C/c2n[nH]c3cc(F)c(NC(=O)Cc4cccs4)cc23)cc1F.COc1ccc(/C=C/c2n[nH]c3cc(F)c(NC(=O)c4ccco4)cc23)cc1F. The number of halogens is 8. The maximum absolute atomic E-state index is 14.4. The van der Waals surface area contributed by atoms with Crippen molar-refractivity contribution in [3.8, 4) is 23.0 Å². The number of thiophene rings is 1. The van der Waals surface area contributed by atoms with E-state index >= 15 is 0 Å². The normalized spacial score (nSPS) is 12.9. The molecular formula is C85H71F8N13O9S. The summed E-state index contributed by atoms with van der Waals surface area (Å²) in [6, 6.07) is 36.4. The Bertz CT molecular complexity index is 6110. The summed E-state index contributed by atoms with van der Waals surface area (Å²) in [7, 11) is 7.32. The molecular weight excluding hydrogens is 1530 g/mol. The van der Waals surface area contributed by atoms with Crippen molar-refractivity contribution < 1.29 is 77.7 Å². The van der Waals surface area contributed by atoms with Crippen molar-refractivity contribution in [3.63, 3.8) is 0 Å². The van der Waals surface area contributed by atoms with Gasteiger partial charge in [-0.1, -0.05) is 54.6 Å². The molecule has 9 N–H and O–H groups in total. The topological polar surface area (TPSA) is 293 Å². The number of hydrogen-bond acceptors (Lipinski definition) is 15. The number of amides is 4. The van der Waals surface area contributed by atoms with Gasteiger partial charge in [0.25, 0.3) is 5.91 Å². The van der Waals surface area contributed by atoms with Crippen LogP contribution >= 0.6 is 11.3 Å². The fraction of sp³-hybridized carbons (Fsp3) is 0.153. The van der Waals surface area contributed by atoms with Gasteiger partial charge in [-0.25, -0.2) is 35.1 Å². The van der Waals surface area contributed by atoms with E-state index in [0.29, 0.717) is 101 Å². The second-order valence-electron chi connectivity index (χ2n) is 26.6. The summed E-state index contributed by atoms with van der Waals surface area (Å²) < 4.78 is 137. The zero-order valence-electron chi connectivity index (χ0n) is 62.3. The number of likely N-dealkylation sites (N-methyl/N-ethyl adjacent to an activating group) is 1. The van der Waals surface area contributed by atoms with Gasteiger partial charge in [0.15, 0.2) is 52.0 Å². The Morgan fingerprint density at radius 1 is 0.448 bits per heavy atom. The highest BCUT2D eigenvalue weighted by Gasteiger charge is 2.48. The number of H-pyrrole nitrogens is 4. The number of furan rings is 1. The lowest BCUT2D eigenvalue weighted by atomic mass is 10.1. The van der Waals surface area contributed by atoms with Gasteiger partial charge in [0.05, 0.1) is 114 Å². The fourth-order valence-corrected chi connectivity index (χ4v) is 12.8. The number of hydrogen-bond donors (Lipinski definition) is 9. The molecule has 22 nitrogen and oxygen atoms in total. The molecule has 2 aliphatic carbocycles. The molecule has 2 fully saturated rings. The molecule has 6 aromatic heterocycles. The number of fused-ring (bicyclic) bond motifs is 4. The molecule has 4 amide bonds. The standard InChI is InChI=1S/C22H17F2N3O2S.C21H20F2N4O2.C21H15F2N3O3.C21H19F2N3O2/c1-29-21-7-5-13(9-17(21)24)4-6-18-15-11-20(16(23)12-19(15)27-26-18)25-22(28)10-14-3-2-8-30-14;1-24-21(7-8-21)20(28)25-18-10-13-16(26-27-17(13)11-14(18)22)5-3-12-4-6-19(29-2)15(23)9-12;1-28-19-7-5-12(9-15(19)23)4-6-16-13-10-18(14(22)11-17(13)26-25-16)24-21(27)20-3-2-8-29-20;1-28-20-7-5-12(8-16(20)23)4-6-17-14-10-19(15(22)11-18(14)26-25-17)24-21(27)9-13-2-3-13/h2-9,11-12H,10H2,1H3,(H,25,28)(H,26,27);3-6,9-11,24H,7-8H2,1-2H3,(H,25,28)(H,26,27);2-11H,1H3,(H,24,27)(H,25,26);4-8,10-11,13H,2-3,9H2,1H3,(H,24,27)(H,25,26)/b6-4+;5-3+;2*6-4+. The first kappa shape index (κ1) is 80.1. The van der Waals surface area contributed by atoms with E-state index < -0.39 is 58.0 Å². The minimum atomic E-state index is -0.617. The highest BCUT2D eigenvalue weighted by molar-refractivity contribution is 7.10. The van der Waals surface area contributed by atoms with E-state index in [9.17, 15) is 54.3 Å². The molecule has 0 unspecified atom stereocenters. The lowest BCUT2D eigenvalue weighted by Crippen LogP contribution is -2.40. The second-order valence-corrected chi connectivity index (χ2v) is 27.6. The van der Waals surface area contributed by atoms with E-state index in [1.54, 1.807) is 104 Å². The van der Waals surface area contributed by atoms with Gasteiger partial charge in [-0.15, -0.1) is 11.3 Å². The third-order valence-corrected chi connectivity index (χ3v) is 19.6. The van der Waals surface area contributed by atoms with E-state index in [-0.39, 0.29) is 75.7 Å². The van der Waals surface area contributed by atoms with Crippen LogP contribution in [0.5, 0.6) is 23.0 Å². The van der Waals surface area contributed by atoms with E-state index in [1.165, 1.54) is 131 Å². The van der Waals surface area contributed by atoms with Gasteiger partial charge >= 0.3 is 0 Å². The number of nitrogens with one attached hydrogen (secondary N) is 9. The summed E-state index contributed by atoms with van der Waals surface area (Å²) in [5.74, 6) is -4.28. The fourth-order valence-electron chi connectivity index (χ4n) is 12.1. The van der Waals surface area contributed by atoms with Crippen molar-refractivity contribution in [2.24, 2.45) is 5.92 Å². The largest absolute Gasteiger partial charge is 0.494 e. The molecule has 0 radical (unpaired) electrons. The van der Waals surface area contributed by atoms with Crippen LogP contribution in [0.25, 0.3) is 92.2 Å². The molecule has 0 saturated heterocycles. The molecule has 8 aromatic carbocycles. The van der Waals surface area contributed by atoms with Crippen LogP contribution < -0.4 is 45.5 Å². The molecule has 2 aliphatic rings. The van der Waals surface area contributed by atoms with Gasteiger partial charge in [0.2, 0.25) is 17.7 Å². The van der Waals surface area contributed by atoms with Crippen LogP contribution in [0, 0.1) is 52.5 Å². The smallest absolute Gasteiger partial charge is 0.291 e. The quantitative estimate of drug-likeness (QED) is 0.0269. The van der Waals surface area contributed by atoms with Crippen molar-refractivity contribution >= 4 is 150 Å². The van der Waals surface area contributed by atoms with Gasteiger partial charge in [-0.2, -0.15) is 20.4 Å². The van der Waals surface area contributed by atoms with E-state index in [4.69, 9.17) is 23.4 Å². The molecule has 31 heteroatoms. The van der Waals surface area contributed by atoms with Crippen molar-refractivity contribution in [3.05, 3.63) is 259 Å². The molecule has 2 saturated carbocycles. The van der Waals surface area contributed by atoms with Gasteiger partial charge in [-0.3, -0.25) is 39.6 Å². The van der Waals surface area contributed by atoms with Crippen LogP contribution in [0.4, 0.5) is 57.9 Å². The van der Waals surface area contributed by atoms with Crippen LogP contribution in [0.15, 0.2) is 162 Å². The number of nitrogens with zero attached hydrogens (tertiary/aromatic N) is 4. The zero-order chi connectivity index (χ0) is 81.7. The Morgan fingerprint density at radius 3 is 1.12 bits per heavy atom. The maximum Gasteiger partial charge on any atom is 0.291 e. The third kappa shape index (κ3) is 19.4. The van der Waals surface area contributed by atoms with Crippen LogP contribution in [0.2, 0.25) is 0 Å². The van der Waals surface area contributed by atoms with Crippen LogP contribution in [-0.4, -0.2) is 105 Å². The Hall–Kier alpha value is -13.9. The lowest BCUT2D eigenvalue weighted by Gasteiger charge is -2.14. The highest BCUT2D eigenvalue weighted by Crippen LogP contribution is 2.38. The Balaban J connectivity index is 0.000000135. The monoisotopic (exact) mass is 1600 g/mol. The highest BCUT2D eigenvalue weighted by atomic mass is 32.1. The average molecular weight is 1600 g/mol. The van der Waals surface area contributed by atoms with Crippen LogP contribution in [0.3, 0.4) is 0 Å². The second kappa shape index (κ2) is 35.8. The number of aromatic amines is 4. The van der Waals surface area contributed by atoms with Crippen molar-refractivity contribution in [2.45, 2.75) is 44.1 Å². The Morgan fingerprint density at radius 2 is 0.810 bits per heavy atom. The number of methoxy groups -OCH3 is 4. The molecule has 0 atom stereocenters. The van der Waals surface area contributed by atoms with Gasteiger partial charge in [0.1, 0.15) is 23.3 Å². The summed E-state index contributed by atoms with van der Waals surface area (Å²) in [6.45, 7) is 0. The molecule has 0 bridgehead atoms. The third-order valence-electron chi connectivity index (χ3n) is 18.7. The summed E-state index contributed by atoms with van der Waals surface area (Å²) in [4.78, 5) is 49.7. The minimum absolute atomic E-state index is 0.00885. The number of benzene rings is 8. The van der Waals surface area contributed by atoms with Crippen LogP contribution in [-0.2, 0) is 20.8 Å². The number of aromatic nitrogens is 8. The van der Waals surface area contributed by atoms with Gasteiger partial charge in [-0.05, 0) is 182 Å². The molecule has 6 heterocycles. The summed E-state index contributed by atoms with van der Waals surface area (Å²) in [5, 5.41) is 45.5. The molecule has 116 heavy (non-hydrogen) atoms. The maximum atomic E-state index is 14.4. The van der Waals surface area contributed by atoms with Crippen molar-refractivity contribution in [2.75, 3.05) is 56.8 Å². The predicted molar refractivity (Wildman–Crippen MR) is 431 cm³/mol. The van der Waals surface area contributed by atoms with Gasteiger partial charge < -0.3 is 49.9 Å². The lowest BCUT2D eigenvalue weighted by molar-refractivity contribution is -0.119. The first-order valence-electron chi connectivity index (χ1n) is 35.8. The molecule has 0 spiro atoms. The Kier molecular flexibility index (Phi) is 24.7. The molecule has 14 aromatic rings. The summed E-state index contributed by atoms with van der Waals surface area (Å²) >= 11 is 1.47. The first-order chi connectivity index (χ1) is 56.1. The molecule has 592 valence electrons. The Labute approximate surface area is 659 Å². The number of ether oxygens (including phenoxy) is 4. The number of rotatable bonds is 23. The number of anilines is 4. The van der Waals surface area contributed by atoms with E-state index in [1.807, 2.05) is 17.5 Å². The van der Waals surface area contributed by atoms with Crippen molar-refractivity contribution in [1.82, 2.24) is 46.1 Å². The first-order valence-corrected chi connectivity index (χ1v) is 36.7. The molecule has 16 rings (SSSR count). The summed E-state index contributed by atoms with van der Waals surface area (Å²) in [5.41, 5.74) is 6.26. The zero-order valence-corrected chi connectivity index (χ0v) is 63.2. The van der Waals surface area contributed by atoms with Crippen LogP contribution in [0.1, 0.15) is 92.6 Å². The minimum Gasteiger partial charge on any atom is -0.494 e. The van der Waals surface area contributed by atoms with Crippen molar-refractivity contribution in [1.29, 1.82) is 0 Å². The number of carbonyl (C=O) groups is 4. The average Bonchev–Trinajstić information content (AvgIpc) is 1.64. The number of carbonyl (C=O) groups excluding carboxylic acids is 4. The predicted octanol–water partition coefficient (Wildman–Crippen LogP) is 18.6. The summed E-state index contributed by atoms with van der Waals surface area (Å²) in [6.07, 6.45) is 19.0. The molecule has 0 aliphatic heterocycles. The van der Waals surface area contributed by atoms with Gasteiger partial charge in [0, 0.05) is 57.1 Å². The van der Waals surface area contributed by atoms with E-state index in [2.05, 4.69) is 67.4 Å².